The number of benzene rings is 1. The van der Waals surface area contributed by atoms with E-state index in [2.05, 4.69) is 17.1 Å². The van der Waals surface area contributed by atoms with Crippen molar-refractivity contribution in [3.8, 4) is 0 Å². The van der Waals surface area contributed by atoms with Gasteiger partial charge in [0.1, 0.15) is 5.82 Å². The summed E-state index contributed by atoms with van der Waals surface area (Å²) >= 11 is 0. The molecule has 0 aromatic heterocycles. The number of nitrogens with zero attached hydrogens (tertiary/aromatic N) is 1. The SMILES string of the molecule is Cc1ccc(F)cc1[C@H](C1CCOCC1)N1CCNCC1. The number of ether oxygens (including phenoxy) is 1. The summed E-state index contributed by atoms with van der Waals surface area (Å²) in [6, 6.07) is 5.56. The van der Waals surface area contributed by atoms with E-state index in [0.717, 1.165) is 52.2 Å². The van der Waals surface area contributed by atoms with Crippen molar-refractivity contribution < 1.29 is 9.13 Å². The third-order valence-electron chi connectivity index (χ3n) is 4.82. The maximum atomic E-state index is 13.8. The predicted octanol–water partition coefficient (Wildman–Crippen LogP) is 2.51. The molecule has 116 valence electrons. The molecule has 2 fully saturated rings. The summed E-state index contributed by atoms with van der Waals surface area (Å²) < 4.78 is 19.3. The Kier molecular flexibility index (Phi) is 4.88. The van der Waals surface area contributed by atoms with E-state index in [1.54, 1.807) is 12.1 Å². The van der Waals surface area contributed by atoms with Gasteiger partial charge in [-0.15, -0.1) is 0 Å². The normalized spacial score (nSPS) is 23.1. The summed E-state index contributed by atoms with van der Waals surface area (Å²) in [5.41, 5.74) is 2.37. The van der Waals surface area contributed by atoms with Crippen LogP contribution in [0.25, 0.3) is 0 Å². The lowest BCUT2D eigenvalue weighted by Gasteiger charge is -2.41. The quantitative estimate of drug-likeness (QED) is 0.926. The zero-order chi connectivity index (χ0) is 14.7. The zero-order valence-electron chi connectivity index (χ0n) is 12.8. The van der Waals surface area contributed by atoms with Gasteiger partial charge in [0, 0.05) is 45.4 Å². The van der Waals surface area contributed by atoms with Crippen LogP contribution in [0.3, 0.4) is 0 Å². The predicted molar refractivity (Wildman–Crippen MR) is 81.9 cm³/mol. The molecule has 0 spiro atoms. The Morgan fingerprint density at radius 1 is 1.24 bits per heavy atom. The number of nitrogens with one attached hydrogen (secondary N) is 1. The lowest BCUT2D eigenvalue weighted by molar-refractivity contribution is 0.0210. The number of hydrogen-bond acceptors (Lipinski definition) is 3. The van der Waals surface area contributed by atoms with Crippen LogP contribution in [0.4, 0.5) is 4.39 Å². The van der Waals surface area contributed by atoms with Gasteiger partial charge in [0.2, 0.25) is 0 Å². The molecular weight excluding hydrogens is 267 g/mol. The summed E-state index contributed by atoms with van der Waals surface area (Å²) in [5, 5.41) is 3.41. The highest BCUT2D eigenvalue weighted by Crippen LogP contribution is 2.37. The Labute approximate surface area is 126 Å². The molecule has 0 saturated carbocycles. The molecule has 0 unspecified atom stereocenters. The molecule has 3 rings (SSSR count). The third-order valence-corrected chi connectivity index (χ3v) is 4.82. The Hall–Kier alpha value is -0.970. The first-order valence-electron chi connectivity index (χ1n) is 8.04. The van der Waals surface area contributed by atoms with E-state index >= 15 is 0 Å². The van der Waals surface area contributed by atoms with Gasteiger partial charge in [-0.25, -0.2) is 4.39 Å². The highest BCUT2D eigenvalue weighted by atomic mass is 19.1. The molecule has 1 N–H and O–H groups in total. The Balaban J connectivity index is 1.91. The van der Waals surface area contributed by atoms with E-state index in [4.69, 9.17) is 4.74 Å². The van der Waals surface area contributed by atoms with Gasteiger partial charge in [-0.2, -0.15) is 0 Å². The van der Waals surface area contributed by atoms with Crippen LogP contribution < -0.4 is 5.32 Å². The summed E-state index contributed by atoms with van der Waals surface area (Å²) in [6.45, 7) is 7.89. The third kappa shape index (κ3) is 3.44. The van der Waals surface area contributed by atoms with Crippen molar-refractivity contribution in [1.82, 2.24) is 10.2 Å². The number of piperazine rings is 1. The minimum absolute atomic E-state index is 0.122. The fourth-order valence-electron chi connectivity index (χ4n) is 3.67. The Morgan fingerprint density at radius 2 is 1.95 bits per heavy atom. The first kappa shape index (κ1) is 14.9. The molecule has 2 heterocycles. The molecule has 1 aromatic rings. The molecule has 4 heteroatoms. The second kappa shape index (κ2) is 6.86. The van der Waals surface area contributed by atoms with E-state index in [0.29, 0.717) is 12.0 Å². The molecule has 2 aliphatic rings. The topological polar surface area (TPSA) is 24.5 Å². The van der Waals surface area contributed by atoms with Gasteiger partial charge in [0.25, 0.3) is 0 Å². The molecule has 2 aliphatic heterocycles. The van der Waals surface area contributed by atoms with Crippen LogP contribution >= 0.6 is 0 Å². The molecule has 1 aromatic carbocycles. The molecular formula is C17H25FN2O. The van der Waals surface area contributed by atoms with Gasteiger partial charge in [0.15, 0.2) is 0 Å². The molecule has 0 aliphatic carbocycles. The fourth-order valence-corrected chi connectivity index (χ4v) is 3.67. The zero-order valence-corrected chi connectivity index (χ0v) is 12.8. The average Bonchev–Trinajstić information content (AvgIpc) is 2.53. The number of aryl methyl sites for hydroxylation is 1. The number of hydrogen-bond donors (Lipinski definition) is 1. The largest absolute Gasteiger partial charge is 0.381 e. The standard InChI is InChI=1S/C17H25FN2O/c1-13-2-3-15(18)12-16(13)17(14-4-10-21-11-5-14)20-8-6-19-7-9-20/h2-3,12,14,17,19H,4-11H2,1H3/t17-/m0/s1. The van der Waals surface area contributed by atoms with Crippen LogP contribution in [0, 0.1) is 18.7 Å². The van der Waals surface area contributed by atoms with Gasteiger partial charge in [-0.1, -0.05) is 6.07 Å². The van der Waals surface area contributed by atoms with Crippen LogP contribution in [-0.2, 0) is 4.74 Å². The summed E-state index contributed by atoms with van der Waals surface area (Å²) in [6.07, 6.45) is 2.15. The van der Waals surface area contributed by atoms with E-state index in [1.807, 2.05) is 6.07 Å². The average molecular weight is 292 g/mol. The van der Waals surface area contributed by atoms with Crippen LogP contribution in [-0.4, -0.2) is 44.3 Å². The van der Waals surface area contributed by atoms with Crippen molar-refractivity contribution in [2.24, 2.45) is 5.92 Å². The second-order valence-corrected chi connectivity index (χ2v) is 6.18. The monoisotopic (exact) mass is 292 g/mol. The van der Waals surface area contributed by atoms with E-state index < -0.39 is 0 Å². The first-order chi connectivity index (χ1) is 10.3. The maximum Gasteiger partial charge on any atom is 0.123 e. The van der Waals surface area contributed by atoms with E-state index in [1.165, 1.54) is 11.1 Å². The van der Waals surface area contributed by atoms with Gasteiger partial charge < -0.3 is 10.1 Å². The second-order valence-electron chi connectivity index (χ2n) is 6.18. The van der Waals surface area contributed by atoms with Crippen LogP contribution in [0.1, 0.15) is 30.0 Å². The van der Waals surface area contributed by atoms with Crippen molar-refractivity contribution >= 4 is 0 Å². The number of rotatable bonds is 3. The summed E-state index contributed by atoms with van der Waals surface area (Å²) in [7, 11) is 0. The van der Waals surface area contributed by atoms with Crippen molar-refractivity contribution in [1.29, 1.82) is 0 Å². The maximum absolute atomic E-state index is 13.8. The molecule has 2 saturated heterocycles. The van der Waals surface area contributed by atoms with Crippen molar-refractivity contribution in [3.63, 3.8) is 0 Å². The van der Waals surface area contributed by atoms with Gasteiger partial charge in [0.05, 0.1) is 0 Å². The molecule has 0 bridgehead atoms. The van der Waals surface area contributed by atoms with Crippen molar-refractivity contribution in [3.05, 3.63) is 35.1 Å². The smallest absolute Gasteiger partial charge is 0.123 e. The Bertz CT molecular complexity index is 450. The fraction of sp³-hybridized carbons (Fsp3) is 0.647. The molecule has 0 amide bonds. The molecule has 0 radical (unpaired) electrons. The summed E-state index contributed by atoms with van der Waals surface area (Å²) in [4.78, 5) is 2.54. The number of halogens is 1. The van der Waals surface area contributed by atoms with Crippen LogP contribution in [0.2, 0.25) is 0 Å². The van der Waals surface area contributed by atoms with Gasteiger partial charge >= 0.3 is 0 Å². The lowest BCUT2D eigenvalue weighted by Crippen LogP contribution is -2.47. The van der Waals surface area contributed by atoms with Crippen molar-refractivity contribution in [2.45, 2.75) is 25.8 Å². The molecule has 21 heavy (non-hydrogen) atoms. The van der Waals surface area contributed by atoms with E-state index in [-0.39, 0.29) is 5.82 Å². The minimum atomic E-state index is -0.122. The van der Waals surface area contributed by atoms with Gasteiger partial charge in [-0.3, -0.25) is 4.90 Å². The highest BCUT2D eigenvalue weighted by Gasteiger charge is 2.32. The lowest BCUT2D eigenvalue weighted by atomic mass is 9.84. The van der Waals surface area contributed by atoms with E-state index in [9.17, 15) is 4.39 Å². The van der Waals surface area contributed by atoms with Crippen molar-refractivity contribution in [2.75, 3.05) is 39.4 Å². The van der Waals surface area contributed by atoms with Crippen LogP contribution in [0.15, 0.2) is 18.2 Å². The minimum Gasteiger partial charge on any atom is -0.381 e. The first-order valence-corrected chi connectivity index (χ1v) is 8.04. The Morgan fingerprint density at radius 3 is 2.67 bits per heavy atom. The van der Waals surface area contributed by atoms with Gasteiger partial charge in [-0.05, 0) is 48.9 Å². The molecule has 3 nitrogen and oxygen atoms in total. The molecule has 1 atom stereocenters. The summed E-state index contributed by atoms with van der Waals surface area (Å²) in [5.74, 6) is 0.445. The highest BCUT2D eigenvalue weighted by molar-refractivity contribution is 5.30. The van der Waals surface area contributed by atoms with Crippen LogP contribution in [0.5, 0.6) is 0 Å².